The van der Waals surface area contributed by atoms with Crippen LogP contribution in [0.25, 0.3) is 0 Å². The highest BCUT2D eigenvalue weighted by atomic mass is 19.4. The Morgan fingerprint density at radius 3 is 2.45 bits per heavy atom. The van der Waals surface area contributed by atoms with E-state index in [1.54, 1.807) is 30.3 Å². The molecule has 0 amide bonds. The third kappa shape index (κ3) is 4.96. The molecule has 0 saturated heterocycles. The van der Waals surface area contributed by atoms with Crippen LogP contribution in [0, 0.1) is 6.92 Å². The molecule has 0 aliphatic rings. The van der Waals surface area contributed by atoms with E-state index in [1.807, 2.05) is 32.0 Å². The molecule has 0 radical (unpaired) electrons. The summed E-state index contributed by atoms with van der Waals surface area (Å²) in [5.41, 5.74) is 1.33. The minimum absolute atomic E-state index is 0.0800. The topological polar surface area (TPSA) is 50.3 Å². The lowest BCUT2D eigenvalue weighted by Crippen LogP contribution is -2.19. The van der Waals surface area contributed by atoms with Gasteiger partial charge in [0.15, 0.2) is 5.82 Å². The van der Waals surface area contributed by atoms with Crippen molar-refractivity contribution >= 4 is 23.1 Å². The van der Waals surface area contributed by atoms with Gasteiger partial charge in [0.1, 0.15) is 11.3 Å². The zero-order chi connectivity index (χ0) is 21.0. The molecule has 0 fully saturated rings. The van der Waals surface area contributed by atoms with Gasteiger partial charge in [-0.25, -0.2) is 4.98 Å². The number of hydrogen-bond acceptors (Lipinski definition) is 5. The molecular weight excluding hydrogens is 381 g/mol. The lowest BCUT2D eigenvalue weighted by molar-refractivity contribution is -0.137. The van der Waals surface area contributed by atoms with E-state index in [0.29, 0.717) is 23.7 Å². The summed E-state index contributed by atoms with van der Waals surface area (Å²) in [7, 11) is 1.53. The van der Waals surface area contributed by atoms with Crippen LogP contribution in [0.15, 0.2) is 54.7 Å². The Morgan fingerprint density at radius 1 is 1.10 bits per heavy atom. The number of ether oxygens (including phenoxy) is 1. The average Bonchev–Trinajstić information content (AvgIpc) is 2.67. The largest absolute Gasteiger partial charge is 0.494 e. The maximum atomic E-state index is 13.6. The van der Waals surface area contributed by atoms with Gasteiger partial charge in [-0.1, -0.05) is 12.1 Å². The van der Waals surface area contributed by atoms with Crippen LogP contribution in [-0.2, 0) is 6.18 Å². The standard InChI is InChI=1S/C21H21F3N4O/c1-4-29-17-10-8-16(9-11-17)28(3)19-18(21(22,23)24)13-25-20(27-19)26-15-7-5-6-14(2)12-15/h5-13H,4H2,1-3H3,(H,25,26,27). The number of aromatic nitrogens is 2. The van der Waals surface area contributed by atoms with E-state index in [1.165, 1.54) is 11.9 Å². The molecule has 0 aliphatic heterocycles. The summed E-state index contributed by atoms with van der Waals surface area (Å²) in [5, 5.41) is 2.96. The van der Waals surface area contributed by atoms with Gasteiger partial charge in [0.25, 0.3) is 0 Å². The van der Waals surface area contributed by atoms with E-state index >= 15 is 0 Å². The van der Waals surface area contributed by atoms with Gasteiger partial charge in [0.05, 0.1) is 6.61 Å². The molecule has 5 nitrogen and oxygen atoms in total. The van der Waals surface area contributed by atoms with Crippen LogP contribution in [0.3, 0.4) is 0 Å². The van der Waals surface area contributed by atoms with Gasteiger partial charge in [0.2, 0.25) is 5.95 Å². The van der Waals surface area contributed by atoms with Crippen molar-refractivity contribution in [3.05, 3.63) is 65.9 Å². The predicted octanol–water partition coefficient (Wildman–Crippen LogP) is 5.71. The molecule has 0 bridgehead atoms. The van der Waals surface area contributed by atoms with Crippen LogP contribution >= 0.6 is 0 Å². The van der Waals surface area contributed by atoms with Crippen molar-refractivity contribution in [2.24, 2.45) is 0 Å². The van der Waals surface area contributed by atoms with E-state index in [9.17, 15) is 13.2 Å². The molecule has 0 atom stereocenters. The fraction of sp³-hybridized carbons (Fsp3) is 0.238. The maximum Gasteiger partial charge on any atom is 0.421 e. The number of halogens is 3. The normalized spacial score (nSPS) is 11.2. The Labute approximate surface area is 167 Å². The van der Waals surface area contributed by atoms with E-state index < -0.39 is 11.7 Å². The molecule has 0 unspecified atom stereocenters. The highest BCUT2D eigenvalue weighted by molar-refractivity contribution is 5.65. The van der Waals surface area contributed by atoms with Crippen LogP contribution in [-0.4, -0.2) is 23.6 Å². The fourth-order valence-corrected chi connectivity index (χ4v) is 2.80. The lowest BCUT2D eigenvalue weighted by Gasteiger charge is -2.23. The minimum atomic E-state index is -4.59. The zero-order valence-corrected chi connectivity index (χ0v) is 16.3. The summed E-state index contributed by atoms with van der Waals surface area (Å²) in [5.74, 6) is 0.480. The molecule has 1 aromatic heterocycles. The van der Waals surface area contributed by atoms with Gasteiger partial charge in [-0.05, 0) is 55.8 Å². The Bertz CT molecular complexity index is 974. The third-order valence-electron chi connectivity index (χ3n) is 4.20. The number of nitrogens with zero attached hydrogens (tertiary/aromatic N) is 3. The van der Waals surface area contributed by atoms with E-state index in [0.717, 1.165) is 11.8 Å². The number of hydrogen-bond donors (Lipinski definition) is 1. The number of anilines is 4. The van der Waals surface area contributed by atoms with Gasteiger partial charge in [-0.3, -0.25) is 0 Å². The van der Waals surface area contributed by atoms with Gasteiger partial charge >= 0.3 is 6.18 Å². The molecule has 152 valence electrons. The summed E-state index contributed by atoms with van der Waals surface area (Å²) in [6.45, 7) is 4.29. The molecule has 3 rings (SSSR count). The molecule has 2 aromatic carbocycles. The second kappa shape index (κ2) is 8.38. The molecule has 0 spiro atoms. The predicted molar refractivity (Wildman–Crippen MR) is 107 cm³/mol. The molecule has 3 aromatic rings. The fourth-order valence-electron chi connectivity index (χ4n) is 2.80. The Morgan fingerprint density at radius 2 is 1.83 bits per heavy atom. The van der Waals surface area contributed by atoms with Crippen LogP contribution in [0.5, 0.6) is 5.75 Å². The first-order chi connectivity index (χ1) is 13.8. The van der Waals surface area contributed by atoms with Crippen molar-refractivity contribution < 1.29 is 17.9 Å². The molecule has 0 saturated carbocycles. The number of rotatable bonds is 6. The third-order valence-corrected chi connectivity index (χ3v) is 4.20. The summed E-state index contributed by atoms with van der Waals surface area (Å²) < 4.78 is 46.0. The molecule has 0 aliphatic carbocycles. The first-order valence-electron chi connectivity index (χ1n) is 9.02. The average molecular weight is 402 g/mol. The number of alkyl halides is 3. The number of benzene rings is 2. The Balaban J connectivity index is 1.97. The minimum Gasteiger partial charge on any atom is -0.494 e. The molecule has 29 heavy (non-hydrogen) atoms. The summed E-state index contributed by atoms with van der Waals surface area (Å²) in [4.78, 5) is 9.38. The summed E-state index contributed by atoms with van der Waals surface area (Å²) in [6, 6.07) is 14.2. The van der Waals surface area contributed by atoms with Crippen LogP contribution in [0.2, 0.25) is 0 Å². The van der Waals surface area contributed by atoms with E-state index in [2.05, 4.69) is 15.3 Å². The van der Waals surface area contributed by atoms with Crippen molar-refractivity contribution in [1.29, 1.82) is 0 Å². The highest BCUT2D eigenvalue weighted by Crippen LogP contribution is 2.38. The Kier molecular flexibility index (Phi) is 5.91. The monoisotopic (exact) mass is 402 g/mol. The van der Waals surface area contributed by atoms with Crippen molar-refractivity contribution in [3.63, 3.8) is 0 Å². The van der Waals surface area contributed by atoms with Crippen LogP contribution < -0.4 is 15.0 Å². The van der Waals surface area contributed by atoms with Crippen molar-refractivity contribution in [1.82, 2.24) is 9.97 Å². The zero-order valence-electron chi connectivity index (χ0n) is 16.3. The molecule has 1 heterocycles. The van der Waals surface area contributed by atoms with Crippen LogP contribution in [0.1, 0.15) is 18.1 Å². The van der Waals surface area contributed by atoms with Crippen molar-refractivity contribution in [2.45, 2.75) is 20.0 Å². The second-order valence-electron chi connectivity index (χ2n) is 6.41. The smallest absolute Gasteiger partial charge is 0.421 e. The van der Waals surface area contributed by atoms with E-state index in [4.69, 9.17) is 4.74 Å². The SMILES string of the molecule is CCOc1ccc(N(C)c2nc(Nc3cccc(C)c3)ncc2C(F)(F)F)cc1. The maximum absolute atomic E-state index is 13.6. The lowest BCUT2D eigenvalue weighted by atomic mass is 10.2. The van der Waals surface area contributed by atoms with Gasteiger partial charge in [-0.15, -0.1) is 0 Å². The molecule has 8 heteroatoms. The van der Waals surface area contributed by atoms with Gasteiger partial charge in [0, 0.05) is 24.6 Å². The van der Waals surface area contributed by atoms with Gasteiger partial charge < -0.3 is 15.0 Å². The summed E-state index contributed by atoms with van der Waals surface area (Å²) >= 11 is 0. The number of aryl methyl sites for hydroxylation is 1. The van der Waals surface area contributed by atoms with E-state index in [-0.39, 0.29) is 11.8 Å². The first kappa shape index (κ1) is 20.4. The highest BCUT2D eigenvalue weighted by Gasteiger charge is 2.36. The molecule has 1 N–H and O–H groups in total. The molecular formula is C21H21F3N4O. The van der Waals surface area contributed by atoms with Crippen LogP contribution in [0.4, 0.5) is 36.3 Å². The summed E-state index contributed by atoms with van der Waals surface area (Å²) in [6.07, 6.45) is -3.79. The van der Waals surface area contributed by atoms with Crippen molar-refractivity contribution in [2.75, 3.05) is 23.9 Å². The van der Waals surface area contributed by atoms with Gasteiger partial charge in [-0.2, -0.15) is 18.2 Å². The quantitative estimate of drug-likeness (QED) is 0.572. The van der Waals surface area contributed by atoms with Crippen molar-refractivity contribution in [3.8, 4) is 5.75 Å². The second-order valence-corrected chi connectivity index (χ2v) is 6.41. The Hall–Kier alpha value is -3.29. The first-order valence-corrected chi connectivity index (χ1v) is 9.02. The number of nitrogens with one attached hydrogen (secondary N) is 1.